The highest BCUT2D eigenvalue weighted by Crippen LogP contribution is 1.82. The lowest BCUT2D eigenvalue weighted by atomic mass is 10.3. The largest absolute Gasteiger partial charge is 0.447 e. The number of unbranched alkanes of at least 4 members (excludes halogenated alkanes) is 1. The molecule has 5 heteroatoms. The van der Waals surface area contributed by atoms with Crippen molar-refractivity contribution in [3.63, 3.8) is 0 Å². The molecule has 0 aliphatic carbocycles. The van der Waals surface area contributed by atoms with E-state index < -0.39 is 6.09 Å². The van der Waals surface area contributed by atoms with Crippen molar-refractivity contribution in [2.75, 3.05) is 40.0 Å². The molecule has 2 N–H and O–H groups in total. The molecule has 0 aromatic rings. The lowest BCUT2D eigenvalue weighted by molar-refractivity contribution is 0.0748. The van der Waals surface area contributed by atoms with Gasteiger partial charge in [-0.1, -0.05) is 13.3 Å². The van der Waals surface area contributed by atoms with E-state index in [1.54, 1.807) is 0 Å². The van der Waals surface area contributed by atoms with Crippen molar-refractivity contribution < 1.29 is 14.3 Å². The van der Waals surface area contributed by atoms with Crippen LogP contribution in [0.4, 0.5) is 4.79 Å². The van der Waals surface area contributed by atoms with Crippen LogP contribution in [0, 0.1) is 0 Å². The van der Waals surface area contributed by atoms with Crippen LogP contribution >= 0.6 is 0 Å². The zero-order valence-electron chi connectivity index (χ0n) is 9.67. The normalized spacial score (nSPS) is 10.0. The van der Waals surface area contributed by atoms with E-state index in [1.165, 1.54) is 19.9 Å². The SMILES string of the molecule is CCCCNCCOCCOC(=O)NC. The Bertz CT molecular complexity index is 154. The van der Waals surface area contributed by atoms with E-state index >= 15 is 0 Å². The van der Waals surface area contributed by atoms with Gasteiger partial charge >= 0.3 is 6.09 Å². The molecule has 0 saturated heterocycles. The highest BCUT2D eigenvalue weighted by atomic mass is 16.6. The van der Waals surface area contributed by atoms with Gasteiger partial charge in [0, 0.05) is 13.6 Å². The summed E-state index contributed by atoms with van der Waals surface area (Å²) in [6.45, 7) is 5.45. The smallest absolute Gasteiger partial charge is 0.406 e. The average molecular weight is 218 g/mol. The lowest BCUT2D eigenvalue weighted by Crippen LogP contribution is -2.23. The third-order valence-corrected chi connectivity index (χ3v) is 1.80. The molecule has 0 rings (SSSR count). The average Bonchev–Trinajstić information content (AvgIpc) is 2.26. The predicted octanol–water partition coefficient (Wildman–Crippen LogP) is 0.749. The first-order chi connectivity index (χ1) is 7.31. The number of hydrogen-bond donors (Lipinski definition) is 2. The molecule has 0 heterocycles. The number of carbonyl (C=O) groups excluding carboxylic acids is 1. The summed E-state index contributed by atoms with van der Waals surface area (Å²) in [6, 6.07) is 0. The molecule has 0 aromatic heterocycles. The molecule has 0 radical (unpaired) electrons. The summed E-state index contributed by atoms with van der Waals surface area (Å²) in [5, 5.41) is 5.61. The number of ether oxygens (including phenoxy) is 2. The second-order valence-corrected chi connectivity index (χ2v) is 3.10. The third-order valence-electron chi connectivity index (χ3n) is 1.80. The van der Waals surface area contributed by atoms with E-state index in [4.69, 9.17) is 9.47 Å². The second-order valence-electron chi connectivity index (χ2n) is 3.10. The molecule has 90 valence electrons. The highest BCUT2D eigenvalue weighted by Gasteiger charge is 1.95. The van der Waals surface area contributed by atoms with Crippen molar-refractivity contribution in [1.29, 1.82) is 0 Å². The molecule has 0 saturated carbocycles. The number of carbonyl (C=O) groups is 1. The molecular weight excluding hydrogens is 196 g/mol. The first-order valence-corrected chi connectivity index (χ1v) is 5.44. The van der Waals surface area contributed by atoms with Crippen molar-refractivity contribution in [3.8, 4) is 0 Å². The van der Waals surface area contributed by atoms with Crippen LogP contribution in [0.15, 0.2) is 0 Å². The first-order valence-electron chi connectivity index (χ1n) is 5.44. The van der Waals surface area contributed by atoms with Crippen molar-refractivity contribution in [2.45, 2.75) is 19.8 Å². The number of alkyl carbamates (subject to hydrolysis) is 1. The summed E-state index contributed by atoms with van der Waals surface area (Å²) in [4.78, 5) is 10.6. The van der Waals surface area contributed by atoms with Crippen molar-refractivity contribution in [1.82, 2.24) is 10.6 Å². The van der Waals surface area contributed by atoms with Crippen molar-refractivity contribution in [2.24, 2.45) is 0 Å². The lowest BCUT2D eigenvalue weighted by Gasteiger charge is -2.06. The Balaban J connectivity index is 2.95. The molecule has 0 atom stereocenters. The fraction of sp³-hybridized carbons (Fsp3) is 0.900. The summed E-state index contributed by atoms with van der Waals surface area (Å²) in [5.74, 6) is 0. The van der Waals surface area contributed by atoms with Crippen LogP contribution in [-0.2, 0) is 9.47 Å². The Hall–Kier alpha value is -0.810. The molecule has 0 spiro atoms. The standard InChI is InChI=1S/C10H22N2O3/c1-3-4-5-12-6-7-14-8-9-15-10(13)11-2/h12H,3-9H2,1-2H3,(H,11,13). The first kappa shape index (κ1) is 14.2. The topological polar surface area (TPSA) is 59.6 Å². The Morgan fingerprint density at radius 1 is 1.20 bits per heavy atom. The van der Waals surface area contributed by atoms with Gasteiger partial charge in [0.15, 0.2) is 0 Å². The van der Waals surface area contributed by atoms with Crippen LogP contribution in [0.3, 0.4) is 0 Å². The van der Waals surface area contributed by atoms with Crippen molar-refractivity contribution in [3.05, 3.63) is 0 Å². The minimum atomic E-state index is -0.417. The summed E-state index contributed by atoms with van der Waals surface area (Å²) in [6.07, 6.45) is 1.98. The summed E-state index contributed by atoms with van der Waals surface area (Å²) in [7, 11) is 1.53. The molecule has 1 amide bonds. The number of nitrogens with one attached hydrogen (secondary N) is 2. The van der Waals surface area contributed by atoms with Crippen LogP contribution in [0.5, 0.6) is 0 Å². The van der Waals surface area contributed by atoms with Crippen LogP contribution in [0.25, 0.3) is 0 Å². The molecule has 0 aromatic carbocycles. The number of rotatable bonds is 9. The van der Waals surface area contributed by atoms with E-state index in [0.29, 0.717) is 19.8 Å². The van der Waals surface area contributed by atoms with E-state index in [9.17, 15) is 4.79 Å². The van der Waals surface area contributed by atoms with E-state index in [1.807, 2.05) is 0 Å². The van der Waals surface area contributed by atoms with E-state index in [2.05, 4.69) is 17.6 Å². The van der Waals surface area contributed by atoms with Gasteiger partial charge in [0.2, 0.25) is 0 Å². The predicted molar refractivity (Wildman–Crippen MR) is 59.0 cm³/mol. The molecule has 15 heavy (non-hydrogen) atoms. The van der Waals surface area contributed by atoms with Gasteiger partial charge in [0.05, 0.1) is 13.2 Å². The van der Waals surface area contributed by atoms with Crippen LogP contribution in [-0.4, -0.2) is 46.1 Å². The Kier molecular flexibility index (Phi) is 10.7. The minimum absolute atomic E-state index is 0.300. The molecule has 0 unspecified atom stereocenters. The van der Waals surface area contributed by atoms with Gasteiger partial charge in [-0.2, -0.15) is 0 Å². The van der Waals surface area contributed by atoms with Crippen LogP contribution < -0.4 is 10.6 Å². The monoisotopic (exact) mass is 218 g/mol. The third kappa shape index (κ3) is 11.1. The van der Waals surface area contributed by atoms with E-state index in [0.717, 1.165) is 13.1 Å². The van der Waals surface area contributed by atoms with Gasteiger partial charge in [-0.3, -0.25) is 0 Å². The quantitative estimate of drug-likeness (QED) is 0.561. The van der Waals surface area contributed by atoms with E-state index in [-0.39, 0.29) is 0 Å². The van der Waals surface area contributed by atoms with Crippen LogP contribution in [0.2, 0.25) is 0 Å². The minimum Gasteiger partial charge on any atom is -0.447 e. The Labute approximate surface area is 91.5 Å². The zero-order chi connectivity index (χ0) is 11.4. The van der Waals surface area contributed by atoms with Gasteiger partial charge in [-0.25, -0.2) is 4.79 Å². The summed E-state index contributed by atoms with van der Waals surface area (Å²) < 4.78 is 9.98. The van der Waals surface area contributed by atoms with Gasteiger partial charge in [-0.15, -0.1) is 0 Å². The van der Waals surface area contributed by atoms with Gasteiger partial charge < -0.3 is 20.1 Å². The summed E-state index contributed by atoms with van der Waals surface area (Å²) in [5.41, 5.74) is 0. The number of amides is 1. The summed E-state index contributed by atoms with van der Waals surface area (Å²) >= 11 is 0. The molecule has 0 bridgehead atoms. The maximum Gasteiger partial charge on any atom is 0.406 e. The fourth-order valence-corrected chi connectivity index (χ4v) is 0.939. The second kappa shape index (κ2) is 11.3. The highest BCUT2D eigenvalue weighted by molar-refractivity contribution is 5.66. The zero-order valence-corrected chi connectivity index (χ0v) is 9.67. The Morgan fingerprint density at radius 3 is 2.67 bits per heavy atom. The number of hydrogen-bond acceptors (Lipinski definition) is 4. The molecule has 0 aliphatic rings. The maximum atomic E-state index is 10.6. The van der Waals surface area contributed by atoms with Crippen LogP contribution in [0.1, 0.15) is 19.8 Å². The maximum absolute atomic E-state index is 10.6. The van der Waals surface area contributed by atoms with Crippen molar-refractivity contribution >= 4 is 6.09 Å². The fourth-order valence-electron chi connectivity index (χ4n) is 0.939. The van der Waals surface area contributed by atoms with Gasteiger partial charge in [0.1, 0.15) is 6.61 Å². The molecule has 0 aliphatic heterocycles. The van der Waals surface area contributed by atoms with Gasteiger partial charge in [-0.05, 0) is 13.0 Å². The molecule has 0 fully saturated rings. The molecular formula is C10H22N2O3. The Morgan fingerprint density at radius 2 is 2.00 bits per heavy atom. The molecule has 5 nitrogen and oxygen atoms in total. The van der Waals surface area contributed by atoms with Gasteiger partial charge in [0.25, 0.3) is 0 Å².